The van der Waals surface area contributed by atoms with E-state index in [2.05, 4.69) is 27.7 Å². The number of rotatable bonds is 8. The van der Waals surface area contributed by atoms with E-state index in [1.807, 2.05) is 23.1 Å². The molecule has 6 rings (SSSR count). The third kappa shape index (κ3) is 5.39. The van der Waals surface area contributed by atoms with Crippen molar-refractivity contribution in [1.29, 1.82) is 0 Å². The van der Waals surface area contributed by atoms with Crippen LogP contribution in [-0.4, -0.2) is 61.9 Å². The fourth-order valence-electron chi connectivity index (χ4n) is 7.47. The van der Waals surface area contributed by atoms with Gasteiger partial charge >= 0.3 is 0 Å². The Bertz CT molecular complexity index is 859. The fourth-order valence-corrected chi connectivity index (χ4v) is 7.47. The molecule has 5 fully saturated rings. The van der Waals surface area contributed by atoms with Crippen molar-refractivity contribution in [2.45, 2.75) is 51.4 Å². The minimum atomic E-state index is -0.222. The Kier molecular flexibility index (Phi) is 6.79. The van der Waals surface area contributed by atoms with Crippen molar-refractivity contribution in [1.82, 2.24) is 15.5 Å². The number of anilines is 1. The average molecular weight is 467 g/mol. The summed E-state index contributed by atoms with van der Waals surface area (Å²) < 4.78 is 0. The lowest BCUT2D eigenvalue weighted by atomic mass is 9.49. The van der Waals surface area contributed by atoms with Gasteiger partial charge in [0.1, 0.15) is 0 Å². The number of para-hydroxylation sites is 1. The molecule has 1 heterocycles. The van der Waals surface area contributed by atoms with Crippen molar-refractivity contribution in [3.8, 4) is 0 Å². The SMILES string of the molecule is O=C(CNC(=O)CC12CC3CC(CC(C3)C1)C2)NCCC(=O)N1CCN(c2ccccc2)CC1. The summed E-state index contributed by atoms with van der Waals surface area (Å²) in [6.07, 6.45) is 8.54. The lowest BCUT2D eigenvalue weighted by Crippen LogP contribution is -2.49. The van der Waals surface area contributed by atoms with E-state index in [1.54, 1.807) is 0 Å². The van der Waals surface area contributed by atoms with Crippen LogP contribution in [0.25, 0.3) is 0 Å². The fraction of sp³-hybridized carbons (Fsp3) is 0.667. The molecule has 4 aliphatic carbocycles. The van der Waals surface area contributed by atoms with Crippen LogP contribution < -0.4 is 15.5 Å². The highest BCUT2D eigenvalue weighted by atomic mass is 16.2. The van der Waals surface area contributed by atoms with Crippen molar-refractivity contribution < 1.29 is 14.4 Å². The molecule has 0 unspecified atom stereocenters. The molecule has 1 aromatic carbocycles. The van der Waals surface area contributed by atoms with Crippen molar-refractivity contribution in [2.75, 3.05) is 44.2 Å². The molecule has 5 aliphatic rings. The summed E-state index contributed by atoms with van der Waals surface area (Å²) in [4.78, 5) is 41.5. The lowest BCUT2D eigenvalue weighted by molar-refractivity contribution is -0.133. The van der Waals surface area contributed by atoms with Crippen LogP contribution in [0.4, 0.5) is 5.69 Å². The minimum Gasteiger partial charge on any atom is -0.368 e. The lowest BCUT2D eigenvalue weighted by Gasteiger charge is -2.56. The van der Waals surface area contributed by atoms with Gasteiger partial charge in [0.05, 0.1) is 6.54 Å². The molecular weight excluding hydrogens is 428 g/mol. The van der Waals surface area contributed by atoms with Crippen LogP contribution in [0.5, 0.6) is 0 Å². The number of benzene rings is 1. The van der Waals surface area contributed by atoms with Gasteiger partial charge < -0.3 is 20.4 Å². The second-order valence-corrected chi connectivity index (χ2v) is 11.2. The summed E-state index contributed by atoms with van der Waals surface area (Å²) in [5.74, 6) is 2.31. The van der Waals surface area contributed by atoms with E-state index in [1.165, 1.54) is 44.2 Å². The third-order valence-electron chi connectivity index (χ3n) is 8.56. The summed E-state index contributed by atoms with van der Waals surface area (Å²) in [6, 6.07) is 10.2. The molecule has 1 aliphatic heterocycles. The van der Waals surface area contributed by atoms with Crippen LogP contribution in [0.15, 0.2) is 30.3 Å². The number of carbonyl (C=O) groups is 3. The molecule has 3 amide bonds. The number of nitrogens with one attached hydrogen (secondary N) is 2. The molecule has 7 heteroatoms. The van der Waals surface area contributed by atoms with Gasteiger partial charge in [-0.25, -0.2) is 0 Å². The van der Waals surface area contributed by atoms with Crippen molar-refractivity contribution in [2.24, 2.45) is 23.2 Å². The topological polar surface area (TPSA) is 81.8 Å². The predicted octanol–water partition coefficient (Wildman–Crippen LogP) is 2.56. The first-order valence-electron chi connectivity index (χ1n) is 13.1. The number of piperazine rings is 1. The van der Waals surface area contributed by atoms with Gasteiger partial charge in [-0.2, -0.15) is 0 Å². The molecule has 4 bridgehead atoms. The van der Waals surface area contributed by atoms with Gasteiger partial charge in [0.2, 0.25) is 17.7 Å². The van der Waals surface area contributed by atoms with E-state index in [0.717, 1.165) is 30.8 Å². The average Bonchev–Trinajstić information content (AvgIpc) is 2.82. The Morgan fingerprint density at radius 3 is 2.06 bits per heavy atom. The highest BCUT2D eigenvalue weighted by Crippen LogP contribution is 2.61. The van der Waals surface area contributed by atoms with Crippen molar-refractivity contribution >= 4 is 23.4 Å². The Morgan fingerprint density at radius 2 is 1.44 bits per heavy atom. The Hall–Kier alpha value is -2.57. The van der Waals surface area contributed by atoms with E-state index >= 15 is 0 Å². The molecule has 1 aromatic rings. The zero-order chi connectivity index (χ0) is 23.5. The maximum Gasteiger partial charge on any atom is 0.239 e. The van der Waals surface area contributed by atoms with Crippen LogP contribution in [-0.2, 0) is 14.4 Å². The molecule has 0 aromatic heterocycles. The Labute approximate surface area is 202 Å². The zero-order valence-corrected chi connectivity index (χ0v) is 20.1. The predicted molar refractivity (Wildman–Crippen MR) is 131 cm³/mol. The Morgan fingerprint density at radius 1 is 0.824 bits per heavy atom. The summed E-state index contributed by atoms with van der Waals surface area (Å²) in [6.45, 7) is 3.33. The maximum absolute atomic E-state index is 12.6. The molecule has 0 spiro atoms. The van der Waals surface area contributed by atoms with E-state index in [9.17, 15) is 14.4 Å². The van der Waals surface area contributed by atoms with Crippen molar-refractivity contribution in [3.05, 3.63) is 30.3 Å². The van der Waals surface area contributed by atoms with Gasteiger partial charge in [-0.3, -0.25) is 14.4 Å². The Balaban J connectivity index is 0.968. The molecule has 184 valence electrons. The molecule has 7 nitrogen and oxygen atoms in total. The van der Waals surface area contributed by atoms with Gasteiger partial charge in [0.15, 0.2) is 0 Å². The number of nitrogens with zero attached hydrogens (tertiary/aromatic N) is 2. The molecule has 0 atom stereocenters. The van der Waals surface area contributed by atoms with E-state index in [-0.39, 0.29) is 36.1 Å². The maximum atomic E-state index is 12.6. The second kappa shape index (κ2) is 9.96. The van der Waals surface area contributed by atoms with Crippen LogP contribution in [0, 0.1) is 23.2 Å². The first kappa shape index (κ1) is 23.2. The van der Waals surface area contributed by atoms with Crippen LogP contribution in [0.3, 0.4) is 0 Å². The minimum absolute atomic E-state index is 0.00413. The van der Waals surface area contributed by atoms with Crippen LogP contribution in [0.1, 0.15) is 51.4 Å². The first-order valence-corrected chi connectivity index (χ1v) is 13.1. The quantitative estimate of drug-likeness (QED) is 0.617. The van der Waals surface area contributed by atoms with Gasteiger partial charge in [-0.1, -0.05) is 18.2 Å². The zero-order valence-electron chi connectivity index (χ0n) is 20.1. The van der Waals surface area contributed by atoms with Crippen LogP contribution in [0.2, 0.25) is 0 Å². The van der Waals surface area contributed by atoms with E-state index in [4.69, 9.17) is 0 Å². The number of carbonyl (C=O) groups excluding carboxylic acids is 3. The molecular formula is C27H38N4O3. The number of amides is 3. The molecule has 1 saturated heterocycles. The van der Waals surface area contributed by atoms with Gasteiger partial charge in [-0.15, -0.1) is 0 Å². The summed E-state index contributed by atoms with van der Waals surface area (Å²) >= 11 is 0. The van der Waals surface area contributed by atoms with Gasteiger partial charge in [-0.05, 0) is 73.8 Å². The first-order chi connectivity index (χ1) is 16.5. The third-order valence-corrected chi connectivity index (χ3v) is 8.56. The second-order valence-electron chi connectivity index (χ2n) is 11.2. The molecule has 0 radical (unpaired) electrons. The van der Waals surface area contributed by atoms with Gasteiger partial charge in [0, 0.05) is 51.3 Å². The monoisotopic (exact) mass is 466 g/mol. The highest BCUT2D eigenvalue weighted by Gasteiger charge is 2.51. The number of hydrogen-bond acceptors (Lipinski definition) is 4. The summed E-state index contributed by atoms with van der Waals surface area (Å²) in [5, 5.41) is 5.62. The van der Waals surface area contributed by atoms with E-state index < -0.39 is 0 Å². The molecule has 34 heavy (non-hydrogen) atoms. The summed E-state index contributed by atoms with van der Waals surface area (Å²) in [7, 11) is 0. The van der Waals surface area contributed by atoms with Gasteiger partial charge in [0.25, 0.3) is 0 Å². The van der Waals surface area contributed by atoms with E-state index in [0.29, 0.717) is 26.1 Å². The largest absolute Gasteiger partial charge is 0.368 e. The van der Waals surface area contributed by atoms with Crippen molar-refractivity contribution in [3.63, 3.8) is 0 Å². The smallest absolute Gasteiger partial charge is 0.239 e. The summed E-state index contributed by atoms with van der Waals surface area (Å²) in [5.41, 5.74) is 1.37. The highest BCUT2D eigenvalue weighted by molar-refractivity contribution is 5.85. The molecule has 4 saturated carbocycles. The number of hydrogen-bond donors (Lipinski definition) is 2. The standard InChI is InChI=1S/C27H38N4O3/c32-24(18-27-15-20-12-21(16-27)14-22(13-20)17-27)29-19-25(33)28-7-6-26(34)31-10-8-30(9-11-31)23-4-2-1-3-5-23/h1-5,20-22H,6-19H2,(H,28,33)(H,29,32). The normalized spacial score (nSPS) is 29.7. The van der Waals surface area contributed by atoms with Crippen LogP contribution >= 0.6 is 0 Å². The molecule has 2 N–H and O–H groups in total.